The number of carbonyl (C=O) groups excluding carboxylic acids is 3. The van der Waals surface area contributed by atoms with Crippen molar-refractivity contribution in [2.75, 3.05) is 18.4 Å². The summed E-state index contributed by atoms with van der Waals surface area (Å²) in [5.74, 6) is 0.0766. The van der Waals surface area contributed by atoms with Gasteiger partial charge in [-0.1, -0.05) is 0 Å². The number of phenols is 1. The summed E-state index contributed by atoms with van der Waals surface area (Å²) in [6.07, 6.45) is 2.35. The number of Topliss-reactive ketones (excluding diaryl/α,β-unsaturated/α-hetero) is 1. The second-order valence-corrected chi connectivity index (χ2v) is 7.40. The number of nitrogens with zero attached hydrogens (tertiary/aromatic N) is 1. The van der Waals surface area contributed by atoms with Crippen molar-refractivity contribution in [2.45, 2.75) is 25.7 Å². The van der Waals surface area contributed by atoms with Gasteiger partial charge in [-0.2, -0.15) is 0 Å². The molecule has 0 bridgehead atoms. The average molecular weight is 378 g/mol. The first-order valence-electron chi connectivity index (χ1n) is 9.56. The molecule has 2 N–H and O–H groups in total. The highest BCUT2D eigenvalue weighted by Gasteiger charge is 2.29. The number of hydrogen-bond donors (Lipinski definition) is 2. The summed E-state index contributed by atoms with van der Waals surface area (Å²) in [6.45, 7) is 1.09. The number of fused-ring (bicyclic) bond motifs is 1. The smallest absolute Gasteiger partial charge is 0.253 e. The maximum Gasteiger partial charge on any atom is 0.253 e. The molecular weight excluding hydrogens is 356 g/mol. The SMILES string of the molecule is O=C1CCc2cc(C(=O)N3CCC(C(=O)c4ccc(O)cc4)CC3)ccc2N1. The van der Waals surface area contributed by atoms with Crippen LogP contribution in [0.4, 0.5) is 5.69 Å². The minimum atomic E-state index is -0.104. The third-order valence-corrected chi connectivity index (χ3v) is 5.55. The van der Waals surface area contributed by atoms with Crippen molar-refractivity contribution < 1.29 is 19.5 Å². The zero-order chi connectivity index (χ0) is 19.7. The molecule has 2 aliphatic rings. The molecule has 2 aliphatic heterocycles. The molecule has 0 atom stereocenters. The second kappa shape index (κ2) is 7.46. The molecule has 144 valence electrons. The first-order valence-corrected chi connectivity index (χ1v) is 9.56. The fourth-order valence-corrected chi connectivity index (χ4v) is 3.91. The van der Waals surface area contributed by atoms with Crippen LogP contribution in [0.3, 0.4) is 0 Å². The van der Waals surface area contributed by atoms with Crippen molar-refractivity contribution in [3.8, 4) is 5.75 Å². The van der Waals surface area contributed by atoms with Crippen LogP contribution in [-0.4, -0.2) is 40.7 Å². The molecule has 0 saturated carbocycles. The zero-order valence-corrected chi connectivity index (χ0v) is 15.5. The van der Waals surface area contributed by atoms with Gasteiger partial charge in [-0.15, -0.1) is 0 Å². The van der Waals surface area contributed by atoms with E-state index in [1.807, 2.05) is 6.07 Å². The number of rotatable bonds is 3. The fraction of sp³-hybridized carbons (Fsp3) is 0.318. The molecule has 28 heavy (non-hydrogen) atoms. The van der Waals surface area contributed by atoms with Gasteiger partial charge in [0.1, 0.15) is 5.75 Å². The molecule has 6 heteroatoms. The molecule has 2 aromatic rings. The second-order valence-electron chi connectivity index (χ2n) is 7.40. The van der Waals surface area contributed by atoms with Crippen molar-refractivity contribution >= 4 is 23.3 Å². The van der Waals surface area contributed by atoms with Crippen LogP contribution in [-0.2, 0) is 11.2 Å². The van der Waals surface area contributed by atoms with Crippen molar-refractivity contribution in [3.05, 3.63) is 59.2 Å². The number of nitrogens with one attached hydrogen (secondary N) is 1. The normalized spacial score (nSPS) is 17.0. The number of phenolic OH excluding ortho intramolecular Hbond substituents is 1. The monoisotopic (exact) mass is 378 g/mol. The van der Waals surface area contributed by atoms with Crippen LogP contribution < -0.4 is 5.32 Å². The highest BCUT2D eigenvalue weighted by atomic mass is 16.3. The van der Waals surface area contributed by atoms with E-state index in [-0.39, 0.29) is 29.3 Å². The van der Waals surface area contributed by atoms with Gasteiger partial charge in [-0.3, -0.25) is 14.4 Å². The van der Waals surface area contributed by atoms with Crippen LogP contribution in [0, 0.1) is 5.92 Å². The summed E-state index contributed by atoms with van der Waals surface area (Å²) in [4.78, 5) is 38.8. The number of carbonyl (C=O) groups is 3. The predicted molar refractivity (Wildman–Crippen MR) is 104 cm³/mol. The molecule has 2 amide bonds. The lowest BCUT2D eigenvalue weighted by atomic mass is 9.88. The third-order valence-electron chi connectivity index (χ3n) is 5.55. The van der Waals surface area contributed by atoms with Gasteiger partial charge < -0.3 is 15.3 Å². The number of aromatic hydroxyl groups is 1. The number of hydrogen-bond acceptors (Lipinski definition) is 4. The molecular formula is C22H22N2O4. The number of aryl methyl sites for hydroxylation is 1. The largest absolute Gasteiger partial charge is 0.508 e. The molecule has 0 spiro atoms. The molecule has 0 aromatic heterocycles. The van der Waals surface area contributed by atoms with E-state index in [0.717, 1.165) is 11.3 Å². The maximum atomic E-state index is 12.9. The van der Waals surface area contributed by atoms with E-state index < -0.39 is 0 Å². The van der Waals surface area contributed by atoms with E-state index in [0.29, 0.717) is 49.9 Å². The van der Waals surface area contributed by atoms with E-state index in [9.17, 15) is 19.5 Å². The molecule has 1 fully saturated rings. The molecule has 0 aliphatic carbocycles. The number of benzene rings is 2. The summed E-state index contributed by atoms with van der Waals surface area (Å²) in [5, 5.41) is 12.2. The maximum absolute atomic E-state index is 12.9. The lowest BCUT2D eigenvalue weighted by molar-refractivity contribution is -0.116. The highest BCUT2D eigenvalue weighted by molar-refractivity contribution is 5.99. The van der Waals surface area contributed by atoms with Crippen LogP contribution in [0.25, 0.3) is 0 Å². The minimum Gasteiger partial charge on any atom is -0.508 e. The van der Waals surface area contributed by atoms with Gasteiger partial charge in [0.2, 0.25) is 5.91 Å². The molecule has 4 rings (SSSR count). The predicted octanol–water partition coefficient (Wildman–Crippen LogP) is 3.01. The molecule has 1 saturated heterocycles. The summed E-state index contributed by atoms with van der Waals surface area (Å²) < 4.78 is 0. The van der Waals surface area contributed by atoms with Crippen LogP contribution >= 0.6 is 0 Å². The number of likely N-dealkylation sites (tertiary alicyclic amines) is 1. The van der Waals surface area contributed by atoms with E-state index >= 15 is 0 Å². The third kappa shape index (κ3) is 3.63. The Balaban J connectivity index is 1.39. The quantitative estimate of drug-likeness (QED) is 0.804. The number of ketones is 1. The molecule has 0 unspecified atom stereocenters. The van der Waals surface area contributed by atoms with Crippen molar-refractivity contribution in [1.29, 1.82) is 0 Å². The van der Waals surface area contributed by atoms with Crippen LogP contribution in [0.15, 0.2) is 42.5 Å². The molecule has 0 radical (unpaired) electrons. The summed E-state index contributed by atoms with van der Waals surface area (Å²) >= 11 is 0. The first kappa shape index (κ1) is 18.2. The summed E-state index contributed by atoms with van der Waals surface area (Å²) in [7, 11) is 0. The fourth-order valence-electron chi connectivity index (χ4n) is 3.91. The molecule has 2 heterocycles. The Hall–Kier alpha value is -3.15. The van der Waals surface area contributed by atoms with Gasteiger partial charge in [0.25, 0.3) is 5.91 Å². The van der Waals surface area contributed by atoms with Gasteiger partial charge in [-0.25, -0.2) is 0 Å². The summed E-state index contributed by atoms with van der Waals surface area (Å²) in [5.41, 5.74) is 2.99. The highest BCUT2D eigenvalue weighted by Crippen LogP contribution is 2.27. The zero-order valence-electron chi connectivity index (χ0n) is 15.5. The molecule has 6 nitrogen and oxygen atoms in total. The number of anilines is 1. The van der Waals surface area contributed by atoms with Crippen LogP contribution in [0.1, 0.15) is 45.5 Å². The van der Waals surface area contributed by atoms with Crippen LogP contribution in [0.5, 0.6) is 5.75 Å². The Labute approximate surface area is 163 Å². The van der Waals surface area contributed by atoms with Crippen molar-refractivity contribution in [3.63, 3.8) is 0 Å². The lowest BCUT2D eigenvalue weighted by Gasteiger charge is -2.31. The number of piperidine rings is 1. The Morgan fingerprint density at radius 1 is 0.964 bits per heavy atom. The number of amides is 2. The van der Waals surface area contributed by atoms with Gasteiger partial charge >= 0.3 is 0 Å². The Kier molecular flexibility index (Phi) is 4.86. The van der Waals surface area contributed by atoms with E-state index in [4.69, 9.17) is 0 Å². The topological polar surface area (TPSA) is 86.7 Å². The Morgan fingerprint density at radius 2 is 1.64 bits per heavy atom. The minimum absolute atomic E-state index is 0.00643. The first-order chi connectivity index (χ1) is 13.5. The van der Waals surface area contributed by atoms with Gasteiger partial charge in [0.05, 0.1) is 0 Å². The Morgan fingerprint density at radius 3 is 2.36 bits per heavy atom. The van der Waals surface area contributed by atoms with E-state index in [2.05, 4.69) is 5.32 Å². The Bertz CT molecular complexity index is 928. The van der Waals surface area contributed by atoms with E-state index in [1.165, 1.54) is 12.1 Å². The lowest BCUT2D eigenvalue weighted by Crippen LogP contribution is -2.40. The standard InChI is InChI=1S/C22H22N2O4/c25-18-5-1-14(2-6-18)21(27)15-9-11-24(12-10-15)22(28)17-3-7-19-16(13-17)4-8-20(26)23-19/h1-3,5-7,13,15,25H,4,8-12H2,(H,23,26). The van der Waals surface area contributed by atoms with Gasteiger partial charge in [0.15, 0.2) is 5.78 Å². The van der Waals surface area contributed by atoms with Crippen molar-refractivity contribution in [1.82, 2.24) is 4.90 Å². The van der Waals surface area contributed by atoms with Gasteiger partial charge in [0, 0.05) is 42.2 Å². The van der Waals surface area contributed by atoms with E-state index in [1.54, 1.807) is 29.2 Å². The molecule has 2 aromatic carbocycles. The van der Waals surface area contributed by atoms with Crippen molar-refractivity contribution in [2.24, 2.45) is 5.92 Å². The van der Waals surface area contributed by atoms with Crippen LogP contribution in [0.2, 0.25) is 0 Å². The average Bonchev–Trinajstić information content (AvgIpc) is 2.73. The summed E-state index contributed by atoms with van der Waals surface area (Å²) in [6, 6.07) is 11.7. The van der Waals surface area contributed by atoms with Gasteiger partial charge in [-0.05, 0) is 67.3 Å².